The number of ether oxygens (including phenoxy) is 1. The van der Waals surface area contributed by atoms with Crippen molar-refractivity contribution in [3.8, 4) is 0 Å². The quantitative estimate of drug-likeness (QED) is 0.290. The molecule has 0 rings (SSSR count). The zero-order valence-electron chi connectivity index (χ0n) is 13.8. The van der Waals surface area contributed by atoms with Gasteiger partial charge in [0.2, 0.25) is 0 Å². The second-order valence-corrected chi connectivity index (χ2v) is 5.87. The standard InChI is InChI=1S/C14H27NO8/c1-7(2)15(8(3)4)5-10(17)23-6-9(16)11(18)12(19)13(20)14(21)22/h7-9,11-13,16,18-20H,5-6H2,1-4H3,(H,21,22)/t9-,11-,12+,13-/m0/s1. The fourth-order valence-corrected chi connectivity index (χ4v) is 1.99. The van der Waals surface area contributed by atoms with Gasteiger partial charge in [0.1, 0.15) is 24.9 Å². The van der Waals surface area contributed by atoms with Gasteiger partial charge in [-0.05, 0) is 27.7 Å². The molecule has 0 heterocycles. The Morgan fingerprint density at radius 2 is 1.43 bits per heavy atom. The first-order valence-corrected chi connectivity index (χ1v) is 7.35. The SMILES string of the molecule is CC(C)N(CC(=O)OC[C@H](O)[C@H](O)[C@@H](O)[C@H](O)C(=O)O)C(C)C. The van der Waals surface area contributed by atoms with Crippen molar-refractivity contribution in [3.05, 3.63) is 0 Å². The predicted octanol–water partition coefficient (Wildman–Crippen LogP) is -1.82. The van der Waals surface area contributed by atoms with E-state index in [-0.39, 0.29) is 18.6 Å². The second kappa shape index (κ2) is 9.78. The van der Waals surface area contributed by atoms with Gasteiger partial charge in [-0.1, -0.05) is 0 Å². The smallest absolute Gasteiger partial charge is 0.335 e. The van der Waals surface area contributed by atoms with Gasteiger partial charge in [-0.15, -0.1) is 0 Å². The molecule has 0 spiro atoms. The summed E-state index contributed by atoms with van der Waals surface area (Å²) in [4.78, 5) is 24.1. The van der Waals surface area contributed by atoms with E-state index in [1.165, 1.54) is 0 Å². The molecule has 0 aliphatic carbocycles. The molecule has 136 valence electrons. The van der Waals surface area contributed by atoms with E-state index in [1.807, 2.05) is 32.6 Å². The van der Waals surface area contributed by atoms with Crippen molar-refractivity contribution in [2.45, 2.75) is 64.2 Å². The zero-order valence-corrected chi connectivity index (χ0v) is 13.8. The van der Waals surface area contributed by atoms with Crippen LogP contribution in [0.1, 0.15) is 27.7 Å². The van der Waals surface area contributed by atoms with Crippen molar-refractivity contribution >= 4 is 11.9 Å². The highest BCUT2D eigenvalue weighted by Gasteiger charge is 2.35. The van der Waals surface area contributed by atoms with Crippen molar-refractivity contribution < 1.29 is 39.9 Å². The van der Waals surface area contributed by atoms with Gasteiger partial charge >= 0.3 is 11.9 Å². The molecule has 0 aromatic rings. The summed E-state index contributed by atoms with van der Waals surface area (Å²) in [5.41, 5.74) is 0. The number of aliphatic hydroxyl groups is 4. The van der Waals surface area contributed by atoms with Crippen LogP contribution in [0.5, 0.6) is 0 Å². The molecule has 0 aromatic heterocycles. The normalized spacial score (nSPS) is 17.2. The Morgan fingerprint density at radius 1 is 0.957 bits per heavy atom. The van der Waals surface area contributed by atoms with Crippen LogP contribution in [0.2, 0.25) is 0 Å². The Labute approximate surface area is 135 Å². The van der Waals surface area contributed by atoms with Gasteiger partial charge in [-0.3, -0.25) is 9.69 Å². The highest BCUT2D eigenvalue weighted by Crippen LogP contribution is 2.08. The van der Waals surface area contributed by atoms with E-state index in [1.54, 1.807) is 0 Å². The topological polar surface area (TPSA) is 148 Å². The molecule has 4 atom stereocenters. The molecule has 0 bridgehead atoms. The van der Waals surface area contributed by atoms with E-state index in [0.717, 1.165) is 0 Å². The predicted molar refractivity (Wildman–Crippen MR) is 79.6 cm³/mol. The lowest BCUT2D eigenvalue weighted by molar-refractivity contribution is -0.169. The number of hydrogen-bond acceptors (Lipinski definition) is 8. The second-order valence-electron chi connectivity index (χ2n) is 5.87. The molecule has 23 heavy (non-hydrogen) atoms. The molecular formula is C14H27NO8. The molecule has 0 amide bonds. The Kier molecular flexibility index (Phi) is 9.25. The fraction of sp³-hybridized carbons (Fsp3) is 0.857. The maximum absolute atomic E-state index is 11.7. The van der Waals surface area contributed by atoms with Crippen LogP contribution >= 0.6 is 0 Å². The number of carboxylic acids is 1. The summed E-state index contributed by atoms with van der Waals surface area (Å²) in [6, 6.07) is 0.205. The average molecular weight is 337 g/mol. The lowest BCUT2D eigenvalue weighted by Gasteiger charge is -2.29. The Bertz CT molecular complexity index is 379. The zero-order chi connectivity index (χ0) is 18.3. The van der Waals surface area contributed by atoms with Gasteiger partial charge in [-0.25, -0.2) is 4.79 Å². The van der Waals surface area contributed by atoms with Crippen molar-refractivity contribution in [1.29, 1.82) is 0 Å². The van der Waals surface area contributed by atoms with Gasteiger partial charge in [0.15, 0.2) is 6.10 Å². The number of carbonyl (C=O) groups is 2. The summed E-state index contributed by atoms with van der Waals surface area (Å²) in [6.45, 7) is 7.00. The van der Waals surface area contributed by atoms with E-state index in [9.17, 15) is 24.9 Å². The van der Waals surface area contributed by atoms with Crippen molar-refractivity contribution in [3.63, 3.8) is 0 Å². The number of aliphatic carboxylic acids is 1. The molecule has 0 saturated heterocycles. The first-order valence-electron chi connectivity index (χ1n) is 7.35. The first kappa shape index (κ1) is 21.7. The Morgan fingerprint density at radius 3 is 1.83 bits per heavy atom. The summed E-state index contributed by atoms with van der Waals surface area (Å²) in [7, 11) is 0. The minimum atomic E-state index is -2.26. The molecule has 0 unspecified atom stereocenters. The molecule has 0 aliphatic heterocycles. The number of rotatable bonds is 10. The van der Waals surface area contributed by atoms with Gasteiger partial charge in [0, 0.05) is 12.1 Å². The lowest BCUT2D eigenvalue weighted by atomic mass is 10.0. The molecule has 0 aromatic carbocycles. The monoisotopic (exact) mass is 337 g/mol. The van der Waals surface area contributed by atoms with Crippen molar-refractivity contribution in [2.75, 3.05) is 13.2 Å². The number of carbonyl (C=O) groups excluding carboxylic acids is 1. The van der Waals surface area contributed by atoms with E-state index in [4.69, 9.17) is 14.9 Å². The number of nitrogens with zero attached hydrogens (tertiary/aromatic N) is 1. The number of hydrogen-bond donors (Lipinski definition) is 5. The van der Waals surface area contributed by atoms with E-state index in [2.05, 4.69) is 0 Å². The Balaban J connectivity index is 4.44. The van der Waals surface area contributed by atoms with Crippen molar-refractivity contribution in [1.82, 2.24) is 4.90 Å². The minimum absolute atomic E-state index is 0.0154. The summed E-state index contributed by atoms with van der Waals surface area (Å²) < 4.78 is 4.82. The summed E-state index contributed by atoms with van der Waals surface area (Å²) in [6.07, 6.45) is -8.06. The summed E-state index contributed by atoms with van der Waals surface area (Å²) >= 11 is 0. The van der Waals surface area contributed by atoms with Crippen LogP contribution in [0.25, 0.3) is 0 Å². The first-order chi connectivity index (χ1) is 10.5. The van der Waals surface area contributed by atoms with Gasteiger partial charge in [0.25, 0.3) is 0 Å². The van der Waals surface area contributed by atoms with Gasteiger partial charge in [-0.2, -0.15) is 0 Å². The highest BCUT2D eigenvalue weighted by molar-refractivity contribution is 5.73. The summed E-state index contributed by atoms with van der Waals surface area (Å²) in [5, 5.41) is 46.2. The van der Waals surface area contributed by atoms with E-state index >= 15 is 0 Å². The largest absolute Gasteiger partial charge is 0.479 e. The Hall–Kier alpha value is -1.26. The van der Waals surface area contributed by atoms with Crippen LogP contribution in [0, 0.1) is 0 Å². The van der Waals surface area contributed by atoms with E-state index in [0.29, 0.717) is 0 Å². The molecule has 0 fully saturated rings. The number of aliphatic hydroxyl groups excluding tert-OH is 4. The van der Waals surface area contributed by atoms with E-state index < -0.39 is 43.0 Å². The molecule has 9 nitrogen and oxygen atoms in total. The fourth-order valence-electron chi connectivity index (χ4n) is 1.99. The van der Waals surface area contributed by atoms with Crippen LogP contribution in [0.3, 0.4) is 0 Å². The molecule has 0 radical (unpaired) electrons. The molecule has 5 N–H and O–H groups in total. The van der Waals surface area contributed by atoms with Crippen LogP contribution in [0.15, 0.2) is 0 Å². The minimum Gasteiger partial charge on any atom is -0.479 e. The third-order valence-corrected chi connectivity index (χ3v) is 3.37. The third kappa shape index (κ3) is 7.23. The van der Waals surface area contributed by atoms with Crippen molar-refractivity contribution in [2.24, 2.45) is 0 Å². The van der Waals surface area contributed by atoms with Crippen LogP contribution in [-0.4, -0.2) is 92.0 Å². The maximum Gasteiger partial charge on any atom is 0.335 e. The summed E-state index contributed by atoms with van der Waals surface area (Å²) in [5.74, 6) is -2.38. The number of carboxylic acid groups (broad SMARTS) is 1. The molecule has 0 saturated carbocycles. The lowest BCUT2D eigenvalue weighted by Crippen LogP contribution is -2.49. The van der Waals surface area contributed by atoms with Gasteiger partial charge < -0.3 is 30.3 Å². The van der Waals surface area contributed by atoms with Crippen LogP contribution in [-0.2, 0) is 14.3 Å². The third-order valence-electron chi connectivity index (χ3n) is 3.37. The average Bonchev–Trinajstić information content (AvgIpc) is 2.46. The molecule has 9 heteroatoms. The van der Waals surface area contributed by atoms with Crippen LogP contribution < -0.4 is 0 Å². The maximum atomic E-state index is 11.7. The van der Waals surface area contributed by atoms with Gasteiger partial charge in [0.05, 0.1) is 6.54 Å². The van der Waals surface area contributed by atoms with Crippen LogP contribution in [0.4, 0.5) is 0 Å². The molecular weight excluding hydrogens is 310 g/mol. The molecule has 0 aliphatic rings. The highest BCUT2D eigenvalue weighted by atomic mass is 16.5. The number of esters is 1.